The Morgan fingerprint density at radius 3 is 1.09 bits per heavy atom. The third-order valence-corrected chi connectivity index (χ3v) is 6.19. The molecule has 0 atom stereocenters. The molecule has 0 N–H and O–H groups in total. The van der Waals surface area contributed by atoms with Crippen molar-refractivity contribution in [3.8, 4) is 0 Å². The molecule has 0 aromatic heterocycles. The Hall–Kier alpha value is 0.530. The van der Waals surface area contributed by atoms with E-state index in [1.807, 2.05) is 0 Å². The van der Waals surface area contributed by atoms with Crippen LogP contribution in [0.25, 0.3) is 0 Å². The van der Waals surface area contributed by atoms with Gasteiger partial charge in [-0.3, -0.25) is 0 Å². The van der Waals surface area contributed by atoms with Crippen LogP contribution >= 0.6 is 6.72 Å². The second kappa shape index (κ2) is 17.4. The Morgan fingerprint density at radius 2 is 0.826 bits per heavy atom. The molecule has 0 fully saturated rings. The van der Waals surface area contributed by atoms with Gasteiger partial charge in [-0.05, 0) is 31.1 Å². The second-order valence-corrected chi connectivity index (χ2v) is 9.14. The molecule has 0 aromatic rings. The van der Waals surface area contributed by atoms with Crippen LogP contribution in [0.15, 0.2) is 0 Å². The van der Waals surface area contributed by atoms with Crippen LogP contribution in [-0.4, -0.2) is 19.8 Å². The van der Waals surface area contributed by atoms with Crippen LogP contribution < -0.4 is 0 Å². The standard InChI is InChI=1S/C18H39O3PS/c1-4-7-10-13-16-19-22(23,20-17-14-11-8-5-2)21-18-15-12-9-6-3/h4-18H2,1-3H3. The highest BCUT2D eigenvalue weighted by molar-refractivity contribution is 8.07. The van der Waals surface area contributed by atoms with E-state index in [1.165, 1.54) is 57.8 Å². The van der Waals surface area contributed by atoms with Gasteiger partial charge < -0.3 is 13.6 Å². The highest BCUT2D eigenvalue weighted by Gasteiger charge is 2.20. The van der Waals surface area contributed by atoms with Gasteiger partial charge in [-0.2, -0.15) is 0 Å². The lowest BCUT2D eigenvalue weighted by Crippen LogP contribution is -2.04. The van der Waals surface area contributed by atoms with E-state index >= 15 is 0 Å². The van der Waals surface area contributed by atoms with Gasteiger partial charge in [0.15, 0.2) is 0 Å². The quantitative estimate of drug-likeness (QED) is 0.193. The third-order valence-electron chi connectivity index (χ3n) is 3.74. The molecule has 0 unspecified atom stereocenters. The lowest BCUT2D eigenvalue weighted by molar-refractivity contribution is 0.150. The molecule has 3 nitrogen and oxygen atoms in total. The monoisotopic (exact) mass is 366 g/mol. The fourth-order valence-electron chi connectivity index (χ4n) is 2.23. The third kappa shape index (κ3) is 15.8. The molecule has 0 saturated carbocycles. The Kier molecular flexibility index (Phi) is 17.8. The molecule has 140 valence electrons. The molecule has 0 aromatic carbocycles. The van der Waals surface area contributed by atoms with Gasteiger partial charge in [-0.25, -0.2) is 0 Å². The fourth-order valence-corrected chi connectivity index (χ4v) is 4.18. The molecule has 0 aliphatic carbocycles. The zero-order chi connectivity index (χ0) is 17.2. The molecule has 5 heteroatoms. The van der Waals surface area contributed by atoms with Gasteiger partial charge in [0.2, 0.25) is 0 Å². The maximum Gasteiger partial charge on any atom is 0.327 e. The van der Waals surface area contributed by atoms with Crippen LogP contribution in [0.3, 0.4) is 0 Å². The van der Waals surface area contributed by atoms with E-state index in [4.69, 9.17) is 25.4 Å². The summed E-state index contributed by atoms with van der Waals surface area (Å²) in [7, 11) is 0. The molecule has 0 spiro atoms. The van der Waals surface area contributed by atoms with Gasteiger partial charge in [0.05, 0.1) is 19.8 Å². The highest BCUT2D eigenvalue weighted by atomic mass is 32.5. The maximum atomic E-state index is 5.87. The molecule has 0 amide bonds. The van der Waals surface area contributed by atoms with Gasteiger partial charge in [0.1, 0.15) is 0 Å². The van der Waals surface area contributed by atoms with Crippen molar-refractivity contribution in [1.82, 2.24) is 0 Å². The van der Waals surface area contributed by atoms with E-state index in [2.05, 4.69) is 20.8 Å². The van der Waals surface area contributed by atoms with Gasteiger partial charge in [-0.15, -0.1) is 0 Å². The van der Waals surface area contributed by atoms with Crippen molar-refractivity contribution in [3.63, 3.8) is 0 Å². The van der Waals surface area contributed by atoms with E-state index in [0.29, 0.717) is 19.8 Å². The Balaban J connectivity index is 4.03. The predicted octanol–water partition coefficient (Wildman–Crippen LogP) is 7.00. The predicted molar refractivity (Wildman–Crippen MR) is 105 cm³/mol. The first kappa shape index (κ1) is 23.5. The second-order valence-electron chi connectivity index (χ2n) is 6.13. The summed E-state index contributed by atoms with van der Waals surface area (Å²) in [6.45, 7) is 6.11. The summed E-state index contributed by atoms with van der Waals surface area (Å²) >= 11 is 5.58. The minimum Gasteiger partial charge on any atom is -0.309 e. The van der Waals surface area contributed by atoms with Crippen molar-refractivity contribution in [2.75, 3.05) is 19.8 Å². The molecule has 0 rings (SSSR count). The Morgan fingerprint density at radius 1 is 0.522 bits per heavy atom. The van der Waals surface area contributed by atoms with E-state index in [0.717, 1.165) is 19.3 Å². The number of rotatable bonds is 18. The molecule has 0 aliphatic rings. The average molecular weight is 367 g/mol. The van der Waals surface area contributed by atoms with Gasteiger partial charge in [-0.1, -0.05) is 78.6 Å². The first-order chi connectivity index (χ1) is 11.2. The first-order valence-corrected chi connectivity index (χ1v) is 12.3. The normalized spacial score (nSPS) is 12.0. The van der Waals surface area contributed by atoms with Crippen LogP contribution in [0.5, 0.6) is 0 Å². The summed E-state index contributed by atoms with van der Waals surface area (Å²) in [6.07, 6.45) is 14.2. The first-order valence-electron chi connectivity index (χ1n) is 9.72. The van der Waals surface area contributed by atoms with E-state index in [1.54, 1.807) is 0 Å². The lowest BCUT2D eigenvalue weighted by atomic mass is 10.2. The molecule has 0 saturated heterocycles. The number of unbranched alkanes of at least 4 members (excludes halogenated alkanes) is 9. The smallest absolute Gasteiger partial charge is 0.309 e. The molecule has 0 heterocycles. The van der Waals surface area contributed by atoms with Crippen molar-refractivity contribution in [2.24, 2.45) is 0 Å². The minimum atomic E-state index is -2.53. The van der Waals surface area contributed by atoms with Crippen LogP contribution in [0, 0.1) is 0 Å². The molecule has 0 radical (unpaired) electrons. The molecule has 0 bridgehead atoms. The fraction of sp³-hybridized carbons (Fsp3) is 1.00. The van der Waals surface area contributed by atoms with Crippen LogP contribution in [0.2, 0.25) is 0 Å². The summed E-state index contributed by atoms with van der Waals surface area (Å²) in [5.41, 5.74) is 0. The topological polar surface area (TPSA) is 27.7 Å². The summed E-state index contributed by atoms with van der Waals surface area (Å²) in [5.74, 6) is 0. The number of hydrogen-bond acceptors (Lipinski definition) is 4. The number of hydrogen-bond donors (Lipinski definition) is 0. The van der Waals surface area contributed by atoms with E-state index < -0.39 is 6.72 Å². The van der Waals surface area contributed by atoms with Crippen molar-refractivity contribution in [1.29, 1.82) is 0 Å². The van der Waals surface area contributed by atoms with Gasteiger partial charge in [0.25, 0.3) is 0 Å². The van der Waals surface area contributed by atoms with Crippen molar-refractivity contribution in [3.05, 3.63) is 0 Å². The minimum absolute atomic E-state index is 0.668. The molecule has 23 heavy (non-hydrogen) atoms. The van der Waals surface area contributed by atoms with Gasteiger partial charge >= 0.3 is 6.72 Å². The van der Waals surface area contributed by atoms with Crippen LogP contribution in [-0.2, 0) is 25.4 Å². The maximum absolute atomic E-state index is 5.87. The summed E-state index contributed by atoms with van der Waals surface area (Å²) in [6, 6.07) is 0. The van der Waals surface area contributed by atoms with Gasteiger partial charge in [0, 0.05) is 0 Å². The Labute approximate surface area is 150 Å². The zero-order valence-electron chi connectivity index (χ0n) is 15.7. The SMILES string of the molecule is CCCCCCOP(=S)(OCCCCCC)OCCCCCC. The van der Waals surface area contributed by atoms with Crippen molar-refractivity contribution < 1.29 is 13.6 Å². The summed E-state index contributed by atoms with van der Waals surface area (Å²) < 4.78 is 17.6. The van der Waals surface area contributed by atoms with E-state index in [9.17, 15) is 0 Å². The molecular formula is C18H39O3PS. The summed E-state index contributed by atoms with van der Waals surface area (Å²) in [4.78, 5) is 0. The van der Waals surface area contributed by atoms with Crippen LogP contribution in [0.4, 0.5) is 0 Å². The molecule has 0 aliphatic heterocycles. The highest BCUT2D eigenvalue weighted by Crippen LogP contribution is 2.50. The molecular weight excluding hydrogens is 327 g/mol. The zero-order valence-corrected chi connectivity index (χ0v) is 17.4. The largest absolute Gasteiger partial charge is 0.327 e. The van der Waals surface area contributed by atoms with Crippen molar-refractivity contribution >= 4 is 18.5 Å². The van der Waals surface area contributed by atoms with E-state index in [-0.39, 0.29) is 0 Å². The summed E-state index contributed by atoms with van der Waals surface area (Å²) in [5, 5.41) is 0. The van der Waals surface area contributed by atoms with Crippen molar-refractivity contribution in [2.45, 2.75) is 97.8 Å². The average Bonchev–Trinajstić information content (AvgIpc) is 2.54. The Bertz CT molecular complexity index is 245. The lowest BCUT2D eigenvalue weighted by Gasteiger charge is -2.22. The van der Waals surface area contributed by atoms with Crippen LogP contribution in [0.1, 0.15) is 97.8 Å².